The molecular formula is C16H27NO2. The van der Waals surface area contributed by atoms with Crippen LogP contribution in [0.5, 0.6) is 5.75 Å². The van der Waals surface area contributed by atoms with Crippen molar-refractivity contribution in [1.29, 1.82) is 0 Å². The van der Waals surface area contributed by atoms with Gasteiger partial charge in [-0.3, -0.25) is 0 Å². The van der Waals surface area contributed by atoms with Crippen molar-refractivity contribution in [2.75, 3.05) is 7.11 Å². The average molecular weight is 265 g/mol. The van der Waals surface area contributed by atoms with E-state index in [1.54, 1.807) is 7.11 Å². The van der Waals surface area contributed by atoms with Crippen LogP contribution in [0.4, 0.5) is 0 Å². The number of hydrogen-bond acceptors (Lipinski definition) is 3. The van der Waals surface area contributed by atoms with Crippen LogP contribution in [0.3, 0.4) is 0 Å². The quantitative estimate of drug-likeness (QED) is 0.780. The SMILES string of the molecule is CCC(C)OCc1cc(CNC(C)C)ccc1OC. The van der Waals surface area contributed by atoms with Crippen LogP contribution in [0.1, 0.15) is 45.2 Å². The van der Waals surface area contributed by atoms with Crippen molar-refractivity contribution in [1.82, 2.24) is 5.32 Å². The molecule has 0 aromatic heterocycles. The Kier molecular flexibility index (Phi) is 6.89. The van der Waals surface area contributed by atoms with E-state index in [-0.39, 0.29) is 6.10 Å². The first-order valence-electron chi connectivity index (χ1n) is 7.07. The van der Waals surface area contributed by atoms with Crippen LogP contribution < -0.4 is 10.1 Å². The summed E-state index contributed by atoms with van der Waals surface area (Å²) in [6.07, 6.45) is 1.30. The lowest BCUT2D eigenvalue weighted by atomic mass is 10.1. The number of nitrogens with one attached hydrogen (secondary N) is 1. The van der Waals surface area contributed by atoms with E-state index in [2.05, 4.69) is 45.1 Å². The van der Waals surface area contributed by atoms with Gasteiger partial charge in [-0.25, -0.2) is 0 Å². The summed E-state index contributed by atoms with van der Waals surface area (Å²) in [7, 11) is 1.70. The highest BCUT2D eigenvalue weighted by molar-refractivity contribution is 5.36. The Hall–Kier alpha value is -1.06. The Morgan fingerprint density at radius 2 is 1.95 bits per heavy atom. The van der Waals surface area contributed by atoms with Crippen LogP contribution in [-0.4, -0.2) is 19.3 Å². The Labute approximate surface area is 117 Å². The molecular weight excluding hydrogens is 238 g/mol. The second-order valence-electron chi connectivity index (χ2n) is 5.21. The second kappa shape index (κ2) is 8.18. The highest BCUT2D eigenvalue weighted by Gasteiger charge is 2.07. The van der Waals surface area contributed by atoms with Gasteiger partial charge in [0, 0.05) is 18.2 Å². The monoisotopic (exact) mass is 265 g/mol. The van der Waals surface area contributed by atoms with E-state index in [0.29, 0.717) is 12.6 Å². The van der Waals surface area contributed by atoms with Gasteiger partial charge < -0.3 is 14.8 Å². The van der Waals surface area contributed by atoms with Crippen LogP contribution in [0.25, 0.3) is 0 Å². The minimum Gasteiger partial charge on any atom is -0.496 e. The molecule has 0 heterocycles. The van der Waals surface area contributed by atoms with Gasteiger partial charge in [0.25, 0.3) is 0 Å². The van der Waals surface area contributed by atoms with Crippen LogP contribution in [0.15, 0.2) is 18.2 Å². The fourth-order valence-corrected chi connectivity index (χ4v) is 1.73. The predicted molar refractivity (Wildman–Crippen MR) is 79.5 cm³/mol. The van der Waals surface area contributed by atoms with Gasteiger partial charge in [-0.1, -0.05) is 26.8 Å². The maximum Gasteiger partial charge on any atom is 0.124 e. The molecule has 1 atom stereocenters. The standard InChI is InChI=1S/C16H27NO2/c1-6-13(4)19-11-15-9-14(10-17-12(2)3)7-8-16(15)18-5/h7-9,12-13,17H,6,10-11H2,1-5H3. The van der Waals surface area contributed by atoms with Crippen LogP contribution in [0.2, 0.25) is 0 Å². The normalized spacial score (nSPS) is 12.7. The summed E-state index contributed by atoms with van der Waals surface area (Å²) in [6.45, 7) is 10.0. The molecule has 1 N–H and O–H groups in total. The number of hydrogen-bond donors (Lipinski definition) is 1. The zero-order chi connectivity index (χ0) is 14.3. The summed E-state index contributed by atoms with van der Waals surface area (Å²) < 4.78 is 11.2. The molecule has 1 unspecified atom stereocenters. The van der Waals surface area contributed by atoms with E-state index in [1.807, 2.05) is 6.07 Å². The highest BCUT2D eigenvalue weighted by atomic mass is 16.5. The number of benzene rings is 1. The van der Waals surface area contributed by atoms with Gasteiger partial charge in [0.2, 0.25) is 0 Å². The van der Waals surface area contributed by atoms with Gasteiger partial charge in [-0.2, -0.15) is 0 Å². The molecule has 0 saturated carbocycles. The third-order valence-electron chi connectivity index (χ3n) is 3.16. The molecule has 1 aromatic carbocycles. The minimum absolute atomic E-state index is 0.280. The van der Waals surface area contributed by atoms with Crippen molar-refractivity contribution >= 4 is 0 Å². The Morgan fingerprint density at radius 1 is 1.21 bits per heavy atom. The molecule has 0 radical (unpaired) electrons. The average Bonchev–Trinajstić information content (AvgIpc) is 2.42. The first kappa shape index (κ1) is 16.0. The molecule has 108 valence electrons. The zero-order valence-corrected chi connectivity index (χ0v) is 12.8. The lowest BCUT2D eigenvalue weighted by Gasteiger charge is -2.15. The van der Waals surface area contributed by atoms with E-state index in [1.165, 1.54) is 5.56 Å². The lowest BCUT2D eigenvalue weighted by Crippen LogP contribution is -2.21. The van der Waals surface area contributed by atoms with Crippen molar-refractivity contribution in [3.63, 3.8) is 0 Å². The predicted octanol–water partition coefficient (Wildman–Crippen LogP) is 3.51. The zero-order valence-electron chi connectivity index (χ0n) is 12.8. The van der Waals surface area contributed by atoms with Crippen molar-refractivity contribution in [3.05, 3.63) is 29.3 Å². The van der Waals surface area contributed by atoms with Gasteiger partial charge in [-0.05, 0) is 31.0 Å². The fraction of sp³-hybridized carbons (Fsp3) is 0.625. The Balaban J connectivity index is 2.72. The maximum atomic E-state index is 5.80. The molecule has 1 rings (SSSR count). The van der Waals surface area contributed by atoms with Crippen LogP contribution in [-0.2, 0) is 17.9 Å². The molecule has 0 saturated heterocycles. The van der Waals surface area contributed by atoms with E-state index in [0.717, 1.165) is 24.3 Å². The summed E-state index contributed by atoms with van der Waals surface area (Å²) in [6, 6.07) is 6.77. The largest absolute Gasteiger partial charge is 0.496 e. The van der Waals surface area contributed by atoms with Gasteiger partial charge in [0.05, 0.1) is 19.8 Å². The smallest absolute Gasteiger partial charge is 0.124 e. The van der Waals surface area contributed by atoms with Gasteiger partial charge in [0.15, 0.2) is 0 Å². The number of rotatable bonds is 8. The Bertz CT molecular complexity index is 377. The molecule has 0 amide bonds. The molecule has 1 aromatic rings. The third kappa shape index (κ3) is 5.62. The van der Waals surface area contributed by atoms with E-state index >= 15 is 0 Å². The summed E-state index contributed by atoms with van der Waals surface area (Å²) in [4.78, 5) is 0. The summed E-state index contributed by atoms with van der Waals surface area (Å²) in [5.74, 6) is 0.900. The number of ether oxygens (including phenoxy) is 2. The summed E-state index contributed by atoms with van der Waals surface area (Å²) in [5.41, 5.74) is 2.38. The molecule has 0 bridgehead atoms. The van der Waals surface area contributed by atoms with Gasteiger partial charge in [-0.15, -0.1) is 0 Å². The van der Waals surface area contributed by atoms with Crippen LogP contribution in [0, 0.1) is 0 Å². The Morgan fingerprint density at radius 3 is 2.53 bits per heavy atom. The van der Waals surface area contributed by atoms with Crippen molar-refractivity contribution in [2.24, 2.45) is 0 Å². The fourth-order valence-electron chi connectivity index (χ4n) is 1.73. The van der Waals surface area contributed by atoms with E-state index in [4.69, 9.17) is 9.47 Å². The summed E-state index contributed by atoms with van der Waals surface area (Å²) >= 11 is 0. The summed E-state index contributed by atoms with van der Waals surface area (Å²) in [5, 5.41) is 3.42. The topological polar surface area (TPSA) is 30.5 Å². The second-order valence-corrected chi connectivity index (χ2v) is 5.21. The molecule has 3 nitrogen and oxygen atoms in total. The molecule has 0 aliphatic carbocycles. The van der Waals surface area contributed by atoms with Gasteiger partial charge in [0.1, 0.15) is 5.75 Å². The van der Waals surface area contributed by atoms with Crippen molar-refractivity contribution < 1.29 is 9.47 Å². The van der Waals surface area contributed by atoms with E-state index in [9.17, 15) is 0 Å². The third-order valence-corrected chi connectivity index (χ3v) is 3.16. The molecule has 19 heavy (non-hydrogen) atoms. The van der Waals surface area contributed by atoms with E-state index < -0.39 is 0 Å². The first-order valence-corrected chi connectivity index (χ1v) is 7.07. The number of methoxy groups -OCH3 is 1. The molecule has 3 heteroatoms. The molecule has 0 spiro atoms. The van der Waals surface area contributed by atoms with Crippen molar-refractivity contribution in [3.8, 4) is 5.75 Å². The van der Waals surface area contributed by atoms with Crippen LogP contribution >= 0.6 is 0 Å². The molecule has 0 fully saturated rings. The minimum atomic E-state index is 0.280. The lowest BCUT2D eigenvalue weighted by molar-refractivity contribution is 0.0497. The molecule has 0 aliphatic rings. The molecule has 0 aliphatic heterocycles. The highest BCUT2D eigenvalue weighted by Crippen LogP contribution is 2.21. The first-order chi connectivity index (χ1) is 9.06. The van der Waals surface area contributed by atoms with Gasteiger partial charge >= 0.3 is 0 Å². The maximum absolute atomic E-state index is 5.80. The van der Waals surface area contributed by atoms with Crippen molar-refractivity contribution in [2.45, 2.75) is 59.4 Å².